The summed E-state index contributed by atoms with van der Waals surface area (Å²) in [7, 11) is 0. The van der Waals surface area contributed by atoms with Gasteiger partial charge in [-0.15, -0.1) is 6.58 Å². The maximum absolute atomic E-state index is 12.9. The smallest absolute Gasteiger partial charge is 0.287 e. The molecular weight excluding hydrogens is 328 g/mol. The van der Waals surface area contributed by atoms with E-state index in [-0.39, 0.29) is 11.8 Å². The Balaban J connectivity index is 1.91. The number of imidazole rings is 1. The number of para-hydroxylation sites is 1. The van der Waals surface area contributed by atoms with Crippen molar-refractivity contribution >= 4 is 17.5 Å². The van der Waals surface area contributed by atoms with Gasteiger partial charge in [0.25, 0.3) is 11.8 Å². The number of hydrogen-bond acceptors (Lipinski definition) is 3. The number of nitrogens with one attached hydrogen (secondary N) is 2. The highest BCUT2D eigenvalue weighted by Crippen LogP contribution is 2.23. The minimum absolute atomic E-state index is 0.265. The maximum atomic E-state index is 12.9. The molecular formula is C20H24N4O2. The third-order valence-corrected chi connectivity index (χ3v) is 4.59. The Morgan fingerprint density at radius 1 is 1.27 bits per heavy atom. The lowest BCUT2D eigenvalue weighted by molar-refractivity contribution is 0.0942. The molecule has 0 spiro atoms. The van der Waals surface area contributed by atoms with Crippen LogP contribution in [-0.4, -0.2) is 27.9 Å². The molecule has 0 fully saturated rings. The predicted octanol–water partition coefficient (Wildman–Crippen LogP) is 2.95. The number of anilines is 1. The van der Waals surface area contributed by atoms with Crippen molar-refractivity contribution < 1.29 is 9.59 Å². The van der Waals surface area contributed by atoms with E-state index in [1.165, 1.54) is 0 Å². The molecule has 1 aliphatic rings. The first-order chi connectivity index (χ1) is 12.7. The van der Waals surface area contributed by atoms with Crippen LogP contribution in [0.5, 0.6) is 0 Å². The van der Waals surface area contributed by atoms with E-state index >= 15 is 0 Å². The highest BCUT2D eigenvalue weighted by atomic mass is 16.2. The van der Waals surface area contributed by atoms with Gasteiger partial charge in [0.1, 0.15) is 0 Å². The zero-order valence-corrected chi connectivity index (χ0v) is 15.0. The van der Waals surface area contributed by atoms with Crippen LogP contribution in [0.4, 0.5) is 5.69 Å². The van der Waals surface area contributed by atoms with Gasteiger partial charge >= 0.3 is 0 Å². The van der Waals surface area contributed by atoms with Gasteiger partial charge in [-0.25, -0.2) is 4.98 Å². The number of aryl methyl sites for hydroxylation is 1. The van der Waals surface area contributed by atoms with E-state index in [1.54, 1.807) is 6.08 Å². The zero-order valence-electron chi connectivity index (χ0n) is 15.0. The van der Waals surface area contributed by atoms with Crippen LogP contribution in [0.2, 0.25) is 0 Å². The Bertz CT molecular complexity index is 838. The van der Waals surface area contributed by atoms with Crippen molar-refractivity contribution in [2.24, 2.45) is 0 Å². The van der Waals surface area contributed by atoms with Crippen LogP contribution in [0.1, 0.15) is 52.1 Å². The fourth-order valence-electron chi connectivity index (χ4n) is 3.27. The predicted molar refractivity (Wildman–Crippen MR) is 101 cm³/mol. The molecule has 2 aromatic rings. The molecule has 3 rings (SSSR count). The van der Waals surface area contributed by atoms with Crippen molar-refractivity contribution in [2.75, 3.05) is 11.9 Å². The Morgan fingerprint density at radius 3 is 2.85 bits per heavy atom. The summed E-state index contributed by atoms with van der Waals surface area (Å²) in [4.78, 5) is 29.7. The van der Waals surface area contributed by atoms with Crippen molar-refractivity contribution in [3.8, 4) is 0 Å². The van der Waals surface area contributed by atoms with Gasteiger partial charge in [0.05, 0.1) is 5.69 Å². The topological polar surface area (TPSA) is 76.0 Å². The average molecular weight is 352 g/mol. The second-order valence-electron chi connectivity index (χ2n) is 6.30. The molecule has 0 unspecified atom stereocenters. The zero-order chi connectivity index (χ0) is 18.5. The van der Waals surface area contributed by atoms with E-state index in [1.807, 2.05) is 35.8 Å². The normalized spacial score (nSPS) is 13.0. The fourth-order valence-corrected chi connectivity index (χ4v) is 3.27. The summed E-state index contributed by atoms with van der Waals surface area (Å²) in [5, 5.41) is 5.71. The highest BCUT2D eigenvalue weighted by Gasteiger charge is 2.27. The summed E-state index contributed by atoms with van der Waals surface area (Å²) >= 11 is 0. The van der Waals surface area contributed by atoms with Crippen molar-refractivity contribution in [1.82, 2.24) is 14.9 Å². The molecule has 2 amide bonds. The van der Waals surface area contributed by atoms with Crippen LogP contribution < -0.4 is 10.6 Å². The number of carbonyl (C=O) groups is 2. The lowest BCUT2D eigenvalue weighted by Gasteiger charge is -2.17. The fraction of sp³-hybridized carbons (Fsp3) is 0.350. The van der Waals surface area contributed by atoms with Crippen molar-refractivity contribution in [3.63, 3.8) is 0 Å². The molecule has 0 saturated heterocycles. The third kappa shape index (κ3) is 3.54. The molecule has 1 aliphatic heterocycles. The molecule has 2 heterocycles. The van der Waals surface area contributed by atoms with Crippen LogP contribution in [-0.2, 0) is 19.4 Å². The Morgan fingerprint density at radius 2 is 2.08 bits per heavy atom. The summed E-state index contributed by atoms with van der Waals surface area (Å²) in [5.41, 5.74) is 3.04. The van der Waals surface area contributed by atoms with Gasteiger partial charge in [-0.2, -0.15) is 0 Å². The van der Waals surface area contributed by atoms with Gasteiger partial charge in [-0.3, -0.25) is 9.59 Å². The highest BCUT2D eigenvalue weighted by molar-refractivity contribution is 6.05. The first-order valence-electron chi connectivity index (χ1n) is 9.03. The summed E-state index contributed by atoms with van der Waals surface area (Å²) in [6.45, 7) is 6.73. The minimum atomic E-state index is -0.277. The van der Waals surface area contributed by atoms with Gasteiger partial charge in [-0.1, -0.05) is 31.2 Å². The number of rotatable bonds is 6. The number of benzene rings is 1. The van der Waals surface area contributed by atoms with Gasteiger partial charge in [0.15, 0.2) is 11.5 Å². The average Bonchev–Trinajstić information content (AvgIpc) is 3.06. The lowest BCUT2D eigenvalue weighted by Crippen LogP contribution is -2.28. The number of nitrogens with zero attached hydrogens (tertiary/aromatic N) is 2. The van der Waals surface area contributed by atoms with Crippen molar-refractivity contribution in [3.05, 3.63) is 59.7 Å². The van der Waals surface area contributed by atoms with E-state index in [9.17, 15) is 9.59 Å². The van der Waals surface area contributed by atoms with Gasteiger partial charge in [0.2, 0.25) is 0 Å². The monoisotopic (exact) mass is 352 g/mol. The molecule has 6 heteroatoms. The van der Waals surface area contributed by atoms with Crippen LogP contribution in [0.15, 0.2) is 36.9 Å². The Labute approximate surface area is 153 Å². The van der Waals surface area contributed by atoms with E-state index in [2.05, 4.69) is 22.2 Å². The molecule has 0 bridgehead atoms. The van der Waals surface area contributed by atoms with Gasteiger partial charge < -0.3 is 15.2 Å². The summed E-state index contributed by atoms with van der Waals surface area (Å²) in [6, 6.07) is 7.73. The van der Waals surface area contributed by atoms with Crippen molar-refractivity contribution in [2.45, 2.75) is 39.2 Å². The summed E-state index contributed by atoms with van der Waals surface area (Å²) in [5.74, 6) is -0.240. The van der Waals surface area contributed by atoms with Crippen molar-refractivity contribution in [1.29, 1.82) is 0 Å². The second kappa shape index (κ2) is 7.99. The molecule has 6 nitrogen and oxygen atoms in total. The lowest BCUT2D eigenvalue weighted by atomic mass is 10.1. The van der Waals surface area contributed by atoms with E-state index in [4.69, 9.17) is 0 Å². The second-order valence-corrected chi connectivity index (χ2v) is 6.30. The molecule has 0 radical (unpaired) electrons. The van der Waals surface area contributed by atoms with Crippen LogP contribution in [0, 0.1) is 0 Å². The van der Waals surface area contributed by atoms with Crippen LogP contribution in [0.3, 0.4) is 0 Å². The standard InChI is InChI=1S/C20H24N4O2/c1-3-12-21-20(26)18-23-17(16-11-7-8-13-24(16)18)19(25)22-15-10-6-5-9-14(15)4-2/h3,5-6,9-10H,1,4,7-8,11-13H2,2H3,(H,21,26)(H,22,25). The minimum Gasteiger partial charge on any atom is -0.346 e. The van der Waals surface area contributed by atoms with Gasteiger partial charge in [-0.05, 0) is 37.3 Å². The largest absolute Gasteiger partial charge is 0.346 e. The van der Waals surface area contributed by atoms with Crippen LogP contribution in [0.25, 0.3) is 0 Å². The number of hydrogen-bond donors (Lipinski definition) is 2. The summed E-state index contributed by atoms with van der Waals surface area (Å²) < 4.78 is 1.88. The van der Waals surface area contributed by atoms with E-state index in [0.717, 1.165) is 42.6 Å². The van der Waals surface area contributed by atoms with E-state index in [0.29, 0.717) is 24.6 Å². The first kappa shape index (κ1) is 17.9. The number of amides is 2. The Hall–Kier alpha value is -2.89. The number of carbonyl (C=O) groups excluding carboxylic acids is 2. The molecule has 0 aliphatic carbocycles. The molecule has 1 aromatic carbocycles. The number of aromatic nitrogens is 2. The van der Waals surface area contributed by atoms with Gasteiger partial charge in [0, 0.05) is 18.8 Å². The quantitative estimate of drug-likeness (QED) is 0.785. The summed E-state index contributed by atoms with van der Waals surface area (Å²) in [6.07, 6.45) is 5.16. The molecule has 1 aromatic heterocycles. The molecule has 136 valence electrons. The first-order valence-corrected chi connectivity index (χ1v) is 9.03. The number of fused-ring (bicyclic) bond motifs is 1. The molecule has 26 heavy (non-hydrogen) atoms. The molecule has 0 atom stereocenters. The Kier molecular flexibility index (Phi) is 5.51. The van der Waals surface area contributed by atoms with E-state index < -0.39 is 0 Å². The third-order valence-electron chi connectivity index (χ3n) is 4.59. The SMILES string of the molecule is C=CCNC(=O)c1nc(C(=O)Nc2ccccc2CC)c2n1CCCC2. The molecule has 2 N–H and O–H groups in total. The van der Waals surface area contributed by atoms with Crippen LogP contribution >= 0.6 is 0 Å². The molecule has 0 saturated carbocycles. The maximum Gasteiger partial charge on any atom is 0.287 e.